The van der Waals surface area contributed by atoms with Crippen LogP contribution in [-0.4, -0.2) is 24.5 Å². The van der Waals surface area contributed by atoms with Crippen molar-refractivity contribution in [2.45, 2.75) is 19.6 Å². The van der Waals surface area contributed by atoms with E-state index in [-0.39, 0.29) is 29.8 Å². The van der Waals surface area contributed by atoms with Gasteiger partial charge in [-0.2, -0.15) is 0 Å². The Bertz CT molecular complexity index is 937. The number of rotatable bonds is 8. The van der Waals surface area contributed by atoms with E-state index in [2.05, 4.69) is 20.6 Å². The SMILES string of the molecule is CN=C(NCCc1ccccc1F)NCc1ccnc(OCc2ccccc2)c1.I. The molecule has 0 atom stereocenters. The average Bonchev–Trinajstić information content (AvgIpc) is 2.77. The molecule has 7 heteroatoms. The highest BCUT2D eigenvalue weighted by atomic mass is 127. The zero-order valence-electron chi connectivity index (χ0n) is 16.8. The Balaban J connectivity index is 0.00000320. The number of aromatic nitrogens is 1. The number of guanidine groups is 1. The quantitative estimate of drug-likeness (QED) is 0.264. The lowest BCUT2D eigenvalue weighted by atomic mass is 10.1. The Morgan fingerprint density at radius 2 is 1.77 bits per heavy atom. The average molecular weight is 520 g/mol. The Hall–Kier alpha value is -2.68. The van der Waals surface area contributed by atoms with E-state index in [1.54, 1.807) is 25.4 Å². The molecule has 1 aromatic heterocycles. The highest BCUT2D eigenvalue weighted by Crippen LogP contribution is 2.12. The predicted molar refractivity (Wildman–Crippen MR) is 129 cm³/mol. The maximum absolute atomic E-state index is 13.7. The van der Waals surface area contributed by atoms with Gasteiger partial charge >= 0.3 is 0 Å². The van der Waals surface area contributed by atoms with E-state index in [0.717, 1.165) is 11.1 Å². The topological polar surface area (TPSA) is 58.5 Å². The molecule has 0 unspecified atom stereocenters. The third-order valence-electron chi connectivity index (χ3n) is 4.36. The van der Waals surface area contributed by atoms with Crippen molar-refractivity contribution < 1.29 is 9.13 Å². The normalized spacial score (nSPS) is 10.8. The lowest BCUT2D eigenvalue weighted by Gasteiger charge is -2.13. The number of hydrogen-bond donors (Lipinski definition) is 2. The summed E-state index contributed by atoms with van der Waals surface area (Å²) in [7, 11) is 1.71. The molecule has 0 bridgehead atoms. The van der Waals surface area contributed by atoms with Gasteiger partial charge in [-0.25, -0.2) is 9.37 Å². The first-order valence-corrected chi connectivity index (χ1v) is 9.54. The van der Waals surface area contributed by atoms with Crippen LogP contribution in [0.3, 0.4) is 0 Å². The monoisotopic (exact) mass is 520 g/mol. The molecule has 0 saturated carbocycles. The summed E-state index contributed by atoms with van der Waals surface area (Å²) in [6.07, 6.45) is 2.31. The van der Waals surface area contributed by atoms with Crippen LogP contribution in [0.5, 0.6) is 5.88 Å². The van der Waals surface area contributed by atoms with Crippen LogP contribution < -0.4 is 15.4 Å². The number of ether oxygens (including phenoxy) is 1. The fraction of sp³-hybridized carbons (Fsp3) is 0.217. The van der Waals surface area contributed by atoms with Gasteiger partial charge in [0.15, 0.2) is 5.96 Å². The van der Waals surface area contributed by atoms with Gasteiger partial charge in [0.2, 0.25) is 5.88 Å². The number of hydrogen-bond acceptors (Lipinski definition) is 3. The molecule has 0 spiro atoms. The number of benzene rings is 2. The molecule has 158 valence electrons. The molecule has 1 heterocycles. The molecule has 3 aromatic rings. The fourth-order valence-electron chi connectivity index (χ4n) is 2.79. The summed E-state index contributed by atoms with van der Waals surface area (Å²) in [5.41, 5.74) is 2.81. The number of halogens is 2. The first-order valence-electron chi connectivity index (χ1n) is 9.54. The summed E-state index contributed by atoms with van der Waals surface area (Å²) in [6, 6.07) is 20.6. The van der Waals surface area contributed by atoms with E-state index in [1.807, 2.05) is 48.5 Å². The first-order chi connectivity index (χ1) is 14.2. The highest BCUT2D eigenvalue weighted by molar-refractivity contribution is 14.0. The van der Waals surface area contributed by atoms with Crippen LogP contribution in [0.25, 0.3) is 0 Å². The standard InChI is InChI=1S/C23H25FN4O.HI/c1-25-23(27-14-12-20-9-5-6-10-21(20)24)28-16-19-11-13-26-22(15-19)29-17-18-7-3-2-4-8-18;/h2-11,13,15H,12,14,16-17H2,1H3,(H2,25,27,28);1H. The molecule has 3 rings (SSSR count). The van der Waals surface area contributed by atoms with E-state index in [4.69, 9.17) is 4.74 Å². The molecule has 0 aliphatic heterocycles. The summed E-state index contributed by atoms with van der Waals surface area (Å²) < 4.78 is 19.5. The van der Waals surface area contributed by atoms with Gasteiger partial charge in [0, 0.05) is 32.4 Å². The van der Waals surface area contributed by atoms with Gasteiger partial charge in [-0.3, -0.25) is 4.99 Å². The third kappa shape index (κ3) is 7.62. The molecular weight excluding hydrogens is 494 g/mol. The molecule has 0 radical (unpaired) electrons. The van der Waals surface area contributed by atoms with Crippen molar-refractivity contribution in [2.75, 3.05) is 13.6 Å². The molecule has 0 fully saturated rings. The van der Waals surface area contributed by atoms with Gasteiger partial charge < -0.3 is 15.4 Å². The lowest BCUT2D eigenvalue weighted by Crippen LogP contribution is -2.37. The van der Waals surface area contributed by atoms with Gasteiger partial charge in [-0.15, -0.1) is 24.0 Å². The number of nitrogens with zero attached hydrogens (tertiary/aromatic N) is 2. The zero-order valence-corrected chi connectivity index (χ0v) is 19.2. The van der Waals surface area contributed by atoms with Crippen LogP contribution >= 0.6 is 24.0 Å². The van der Waals surface area contributed by atoms with Gasteiger partial charge in [-0.05, 0) is 35.2 Å². The molecular formula is C23H26FIN4O. The van der Waals surface area contributed by atoms with Crippen LogP contribution in [0, 0.1) is 5.82 Å². The molecule has 30 heavy (non-hydrogen) atoms. The molecule has 0 amide bonds. The molecule has 0 aliphatic carbocycles. The smallest absolute Gasteiger partial charge is 0.213 e. The van der Waals surface area contributed by atoms with Crippen molar-refractivity contribution in [3.63, 3.8) is 0 Å². The van der Waals surface area contributed by atoms with Crippen LogP contribution in [0.1, 0.15) is 16.7 Å². The fourth-order valence-corrected chi connectivity index (χ4v) is 2.79. The highest BCUT2D eigenvalue weighted by Gasteiger charge is 2.04. The third-order valence-corrected chi connectivity index (χ3v) is 4.36. The second-order valence-corrected chi connectivity index (χ2v) is 6.47. The largest absolute Gasteiger partial charge is 0.473 e. The van der Waals surface area contributed by atoms with Crippen LogP contribution in [0.15, 0.2) is 77.9 Å². The number of aliphatic imine (C=N–C) groups is 1. The second-order valence-electron chi connectivity index (χ2n) is 6.47. The minimum Gasteiger partial charge on any atom is -0.473 e. The molecule has 0 saturated heterocycles. The molecule has 2 N–H and O–H groups in total. The summed E-state index contributed by atoms with van der Waals surface area (Å²) in [5.74, 6) is 1.05. The van der Waals surface area contributed by atoms with Crippen LogP contribution in [0.4, 0.5) is 4.39 Å². The first kappa shape index (κ1) is 23.6. The zero-order chi connectivity index (χ0) is 20.3. The van der Waals surface area contributed by atoms with Gasteiger partial charge in [0.25, 0.3) is 0 Å². The van der Waals surface area contributed by atoms with Crippen molar-refractivity contribution in [3.8, 4) is 5.88 Å². The Kier molecular flexibility index (Phi) is 10.1. The maximum Gasteiger partial charge on any atom is 0.213 e. The van der Waals surface area contributed by atoms with E-state index < -0.39 is 0 Å². The molecule has 2 aromatic carbocycles. The summed E-state index contributed by atoms with van der Waals surface area (Å²) in [6.45, 7) is 1.63. The minimum atomic E-state index is -0.183. The van der Waals surface area contributed by atoms with Gasteiger partial charge in [-0.1, -0.05) is 48.5 Å². The Morgan fingerprint density at radius 1 is 1.00 bits per heavy atom. The van der Waals surface area contributed by atoms with E-state index >= 15 is 0 Å². The van der Waals surface area contributed by atoms with E-state index in [1.165, 1.54) is 6.07 Å². The minimum absolute atomic E-state index is 0. The Morgan fingerprint density at radius 3 is 2.53 bits per heavy atom. The summed E-state index contributed by atoms with van der Waals surface area (Å²) >= 11 is 0. The van der Waals surface area contributed by atoms with Crippen molar-refractivity contribution in [1.82, 2.24) is 15.6 Å². The van der Waals surface area contributed by atoms with Crippen LogP contribution in [0.2, 0.25) is 0 Å². The van der Waals surface area contributed by atoms with Crippen molar-refractivity contribution in [2.24, 2.45) is 4.99 Å². The van der Waals surface area contributed by atoms with Crippen molar-refractivity contribution in [1.29, 1.82) is 0 Å². The summed E-state index contributed by atoms with van der Waals surface area (Å²) in [4.78, 5) is 8.47. The van der Waals surface area contributed by atoms with Crippen molar-refractivity contribution >= 4 is 29.9 Å². The van der Waals surface area contributed by atoms with Crippen molar-refractivity contribution in [3.05, 3.63) is 95.4 Å². The summed E-state index contributed by atoms with van der Waals surface area (Å²) in [5, 5.41) is 6.45. The second kappa shape index (κ2) is 12.8. The molecule has 5 nitrogen and oxygen atoms in total. The van der Waals surface area contributed by atoms with Gasteiger partial charge in [0.1, 0.15) is 12.4 Å². The molecule has 0 aliphatic rings. The number of nitrogens with one attached hydrogen (secondary N) is 2. The van der Waals surface area contributed by atoms with E-state index in [9.17, 15) is 4.39 Å². The van der Waals surface area contributed by atoms with Gasteiger partial charge in [0.05, 0.1) is 0 Å². The van der Waals surface area contributed by atoms with E-state index in [0.29, 0.717) is 43.5 Å². The Labute approximate surface area is 193 Å². The predicted octanol–water partition coefficient (Wildman–Crippen LogP) is 4.33. The van der Waals surface area contributed by atoms with Crippen LogP contribution in [-0.2, 0) is 19.6 Å². The maximum atomic E-state index is 13.7. The lowest BCUT2D eigenvalue weighted by molar-refractivity contribution is 0.293. The number of pyridine rings is 1.